The molecule has 1 aromatic heterocycles. The summed E-state index contributed by atoms with van der Waals surface area (Å²) >= 11 is 3.59. The largest absolute Gasteiger partial charge is 0.460 e. The Labute approximate surface area is 314 Å². The van der Waals surface area contributed by atoms with Gasteiger partial charge >= 0.3 is 5.97 Å². The van der Waals surface area contributed by atoms with Crippen LogP contribution in [0.5, 0.6) is 6.01 Å². The van der Waals surface area contributed by atoms with Crippen molar-refractivity contribution in [3.8, 4) is 6.01 Å². The molecule has 0 spiro atoms. The molecule has 1 N–H and O–H groups in total. The number of benzene rings is 1. The van der Waals surface area contributed by atoms with Gasteiger partial charge in [0.05, 0.1) is 35.2 Å². The van der Waals surface area contributed by atoms with Gasteiger partial charge in [-0.15, -0.1) is 0 Å². The van der Waals surface area contributed by atoms with Crippen LogP contribution in [0.2, 0.25) is 0 Å². The van der Waals surface area contributed by atoms with Gasteiger partial charge in [-0.05, 0) is 107 Å². The fraction of sp³-hybridized carbons (Fsp3) is 0.658. The zero-order valence-electron chi connectivity index (χ0n) is 30.7. The van der Waals surface area contributed by atoms with Crippen molar-refractivity contribution in [3.63, 3.8) is 0 Å². The molecule has 1 saturated heterocycles. The third-order valence-electron chi connectivity index (χ3n) is 10.6. The number of nitrogens with one attached hydrogen (secondary N) is 1. The lowest BCUT2D eigenvalue weighted by Crippen LogP contribution is -2.46. The number of imidazole rings is 1. The fourth-order valence-corrected chi connectivity index (χ4v) is 9.53. The summed E-state index contributed by atoms with van der Waals surface area (Å²) in [5, 5.41) is -0.586. The number of halogens is 1. The highest BCUT2D eigenvalue weighted by atomic mass is 79.9. The molecule has 4 aliphatic rings. The first-order valence-electron chi connectivity index (χ1n) is 18.6. The van der Waals surface area contributed by atoms with Crippen LogP contribution in [0.15, 0.2) is 34.8 Å². The number of carbonyl (C=O) groups excluding carboxylic acids is 4. The van der Waals surface area contributed by atoms with Crippen molar-refractivity contribution < 1.29 is 37.1 Å². The number of hydrogen-bond donors (Lipinski definition) is 1. The lowest BCUT2D eigenvalue weighted by Gasteiger charge is -2.29. The van der Waals surface area contributed by atoms with E-state index in [9.17, 15) is 27.6 Å². The van der Waals surface area contributed by atoms with E-state index in [1.807, 2.05) is 48.8 Å². The number of carbonyl (C=O) groups is 4. The minimum atomic E-state index is -3.83. The van der Waals surface area contributed by atoms with Crippen LogP contribution in [-0.2, 0) is 33.9 Å². The minimum absolute atomic E-state index is 0.00669. The van der Waals surface area contributed by atoms with E-state index in [0.29, 0.717) is 38.1 Å². The summed E-state index contributed by atoms with van der Waals surface area (Å²) in [5.74, 6) is -2.81. The summed E-state index contributed by atoms with van der Waals surface area (Å²) in [5.41, 5.74) is -0.349. The molecule has 52 heavy (non-hydrogen) atoms. The number of rotatable bonds is 8. The average Bonchev–Trinajstić information content (AvgIpc) is 3.94. The van der Waals surface area contributed by atoms with Crippen LogP contribution in [0.3, 0.4) is 0 Å². The molecule has 3 heterocycles. The highest BCUT2D eigenvalue weighted by Crippen LogP contribution is 2.57. The zero-order chi connectivity index (χ0) is 37.6. The van der Waals surface area contributed by atoms with Crippen molar-refractivity contribution in [2.45, 2.75) is 134 Å². The Morgan fingerprint density at radius 2 is 1.87 bits per heavy atom. The molecule has 1 aromatic carbocycles. The lowest BCUT2D eigenvalue weighted by molar-refractivity contribution is -0.159. The molecule has 14 heteroatoms. The van der Waals surface area contributed by atoms with E-state index in [-0.39, 0.29) is 49.5 Å². The molecule has 284 valence electrons. The van der Waals surface area contributed by atoms with Crippen molar-refractivity contribution in [3.05, 3.63) is 34.8 Å². The van der Waals surface area contributed by atoms with Crippen LogP contribution in [0.4, 0.5) is 0 Å². The second-order valence-electron chi connectivity index (χ2n) is 16.3. The van der Waals surface area contributed by atoms with Crippen LogP contribution in [0, 0.1) is 17.3 Å². The molecule has 2 amide bonds. The van der Waals surface area contributed by atoms with E-state index in [1.165, 1.54) is 4.90 Å². The van der Waals surface area contributed by atoms with Crippen LogP contribution in [0.25, 0.3) is 11.0 Å². The van der Waals surface area contributed by atoms with Crippen LogP contribution >= 0.6 is 15.9 Å². The third-order valence-corrected chi connectivity index (χ3v) is 13.1. The average molecular weight is 804 g/mol. The first-order valence-corrected chi connectivity index (χ1v) is 20.9. The Morgan fingerprint density at radius 3 is 2.56 bits per heavy atom. The molecule has 2 aromatic rings. The van der Waals surface area contributed by atoms with Crippen molar-refractivity contribution >= 4 is 60.6 Å². The minimum Gasteiger partial charge on any atom is -0.460 e. The number of Topliss-reactive ketones (excluding diaryl/α,β-unsaturated/α-hetero) is 1. The highest BCUT2D eigenvalue weighted by molar-refractivity contribution is 9.10. The first-order chi connectivity index (χ1) is 24.5. The maximum absolute atomic E-state index is 14.6. The summed E-state index contributed by atoms with van der Waals surface area (Å²) in [6.07, 6.45) is 8.10. The van der Waals surface area contributed by atoms with Crippen molar-refractivity contribution in [1.82, 2.24) is 19.2 Å². The summed E-state index contributed by atoms with van der Waals surface area (Å²) in [7, 11) is -3.83. The van der Waals surface area contributed by atoms with Gasteiger partial charge in [-0.2, -0.15) is 4.98 Å². The second kappa shape index (κ2) is 14.9. The molecule has 5 atom stereocenters. The molecular weight excluding hydrogens is 752 g/mol. The lowest BCUT2D eigenvalue weighted by atomic mass is 9.90. The Hall–Kier alpha value is -3.26. The van der Waals surface area contributed by atoms with Gasteiger partial charge in [0.15, 0.2) is 5.78 Å². The van der Waals surface area contributed by atoms with Gasteiger partial charge in [-0.1, -0.05) is 31.1 Å². The number of allylic oxidation sites excluding steroid dienone is 2. The highest BCUT2D eigenvalue weighted by Gasteiger charge is 2.61. The van der Waals surface area contributed by atoms with Crippen molar-refractivity contribution in [2.75, 3.05) is 6.54 Å². The molecule has 2 aliphatic heterocycles. The second-order valence-corrected chi connectivity index (χ2v) is 19.1. The quantitative estimate of drug-likeness (QED) is 0.244. The van der Waals surface area contributed by atoms with E-state index in [0.717, 1.165) is 34.8 Å². The number of hydrogen-bond acceptors (Lipinski definition) is 9. The normalized spacial score (nSPS) is 28.1. The predicted octanol–water partition coefficient (Wildman–Crippen LogP) is 6.17. The number of para-hydroxylation sites is 1. The molecule has 0 radical (unpaired) electrons. The molecule has 12 nitrogen and oxygen atoms in total. The molecule has 2 aliphatic carbocycles. The van der Waals surface area contributed by atoms with E-state index >= 15 is 0 Å². The monoisotopic (exact) mass is 802 g/mol. The van der Waals surface area contributed by atoms with Gasteiger partial charge in [-0.25, -0.2) is 8.42 Å². The number of ketones is 1. The van der Waals surface area contributed by atoms with E-state index in [1.54, 1.807) is 20.8 Å². The third kappa shape index (κ3) is 8.42. The summed E-state index contributed by atoms with van der Waals surface area (Å²) in [4.78, 5) is 62.2. The van der Waals surface area contributed by atoms with Gasteiger partial charge in [0.25, 0.3) is 6.01 Å². The standard InChI is InChI=1S/C38H51BrN4O8S/c1-23(2)43-29-15-11-14-28(39)33(29)40-36(43)50-26-19-30-31(44)21-38(35(47)41-52(48,49)27-16-17-27)20-25(38)13-10-8-6-7-9-12-24(34(46)42(30)22-26)18-32(45)51-37(3,4)5/h10-11,13-15,23-27,30H,6-9,12,16-22H2,1-5H3,(H,41,47)/b13-10-/t24-,25-,26-,30+,38-/m1/s1. The predicted molar refractivity (Wildman–Crippen MR) is 199 cm³/mol. The fourth-order valence-electron chi connectivity index (χ4n) is 7.70. The van der Waals surface area contributed by atoms with Gasteiger partial charge in [0, 0.05) is 29.3 Å². The maximum atomic E-state index is 14.6. The van der Waals surface area contributed by atoms with E-state index in [2.05, 4.69) is 20.7 Å². The Bertz CT molecular complexity index is 1860. The Morgan fingerprint density at radius 1 is 1.12 bits per heavy atom. The Kier molecular flexibility index (Phi) is 11.0. The zero-order valence-corrected chi connectivity index (χ0v) is 33.1. The smallest absolute Gasteiger partial charge is 0.307 e. The first kappa shape index (κ1) is 38.5. The summed E-state index contributed by atoms with van der Waals surface area (Å²) in [6.45, 7) is 9.48. The molecule has 3 fully saturated rings. The van der Waals surface area contributed by atoms with Crippen molar-refractivity contribution in [1.29, 1.82) is 0 Å². The SMILES string of the molecule is CC(C)n1c(O[C@@H]2C[C@H]3C(=O)C[C@]4(C(=O)NS(=O)(=O)C5CC5)C[C@H]4/C=C\CCCCC[C@H](CC(=O)OC(C)(C)C)C(=O)N3C2)nc2c(Br)cccc21. The summed E-state index contributed by atoms with van der Waals surface area (Å²) in [6, 6.07) is 5.20. The van der Waals surface area contributed by atoms with Gasteiger partial charge in [0.2, 0.25) is 21.8 Å². The molecule has 6 rings (SSSR count). The number of esters is 1. The number of nitrogens with zero attached hydrogens (tertiary/aromatic N) is 3. The molecule has 2 saturated carbocycles. The number of amides is 2. The van der Waals surface area contributed by atoms with Crippen LogP contribution in [-0.4, -0.2) is 76.0 Å². The number of aromatic nitrogens is 2. The number of sulfonamides is 1. The molecule has 0 bridgehead atoms. The number of ether oxygens (including phenoxy) is 2. The molecule has 0 unspecified atom stereocenters. The summed E-state index contributed by atoms with van der Waals surface area (Å²) < 4.78 is 43.0. The maximum Gasteiger partial charge on any atom is 0.307 e. The van der Waals surface area contributed by atoms with E-state index in [4.69, 9.17) is 14.5 Å². The van der Waals surface area contributed by atoms with Gasteiger partial charge in [0.1, 0.15) is 17.2 Å². The van der Waals surface area contributed by atoms with Crippen LogP contribution < -0.4 is 9.46 Å². The van der Waals surface area contributed by atoms with Gasteiger partial charge in [-0.3, -0.25) is 28.5 Å². The van der Waals surface area contributed by atoms with Crippen molar-refractivity contribution in [2.24, 2.45) is 17.3 Å². The topological polar surface area (TPSA) is 154 Å². The van der Waals surface area contributed by atoms with E-state index < -0.39 is 56.2 Å². The number of fused-ring (bicyclic) bond motifs is 3. The molecular formula is C38H51BrN4O8S. The van der Waals surface area contributed by atoms with Crippen LogP contribution in [0.1, 0.15) is 111 Å². The van der Waals surface area contributed by atoms with Gasteiger partial charge < -0.3 is 14.4 Å². The Balaban J connectivity index is 1.32.